The van der Waals surface area contributed by atoms with Crippen LogP contribution in [0.1, 0.15) is 15.9 Å². The van der Waals surface area contributed by atoms with Gasteiger partial charge in [0.15, 0.2) is 17.3 Å². The van der Waals surface area contributed by atoms with Gasteiger partial charge in [-0.05, 0) is 52.9 Å². The molecular formula is C16H15IN2O4. The number of halogens is 1. The number of amidine groups is 1. The van der Waals surface area contributed by atoms with Crippen molar-refractivity contribution in [2.24, 2.45) is 10.9 Å². The highest BCUT2D eigenvalue weighted by molar-refractivity contribution is 14.1. The Labute approximate surface area is 147 Å². The summed E-state index contributed by atoms with van der Waals surface area (Å²) < 4.78 is 11.1. The van der Waals surface area contributed by atoms with E-state index in [2.05, 4.69) is 27.7 Å². The second kappa shape index (κ2) is 7.82. The minimum Gasteiger partial charge on any atom is -0.493 e. The molecule has 0 heterocycles. The molecule has 0 aliphatic carbocycles. The van der Waals surface area contributed by atoms with Crippen LogP contribution in [0.15, 0.2) is 47.6 Å². The van der Waals surface area contributed by atoms with Gasteiger partial charge in [0.25, 0.3) is 0 Å². The fraction of sp³-hybridized carbons (Fsp3) is 0.125. The van der Waals surface area contributed by atoms with E-state index >= 15 is 0 Å². The molecule has 2 N–H and O–H groups in total. The number of oxime groups is 1. The standard InChI is InChI=1S/C16H15IN2O4/c1-21-13-8-7-10(9-14(13)22-2)15(18)19-23-16(20)11-5-3-4-6-12(11)17/h3-9H,1-2H3,(H2,18,19). The van der Waals surface area contributed by atoms with Gasteiger partial charge in [-0.1, -0.05) is 17.3 Å². The Morgan fingerprint density at radius 2 is 1.78 bits per heavy atom. The number of hydrogen-bond acceptors (Lipinski definition) is 5. The molecule has 2 aromatic carbocycles. The molecule has 0 radical (unpaired) electrons. The molecule has 0 saturated heterocycles. The van der Waals surface area contributed by atoms with Crippen molar-refractivity contribution in [3.63, 3.8) is 0 Å². The number of ether oxygens (including phenoxy) is 2. The van der Waals surface area contributed by atoms with E-state index in [1.54, 1.807) is 36.4 Å². The summed E-state index contributed by atoms with van der Waals surface area (Å²) in [7, 11) is 3.06. The molecule has 2 aromatic rings. The highest BCUT2D eigenvalue weighted by atomic mass is 127. The molecule has 2 rings (SSSR count). The van der Waals surface area contributed by atoms with E-state index in [1.165, 1.54) is 14.2 Å². The number of hydrogen-bond donors (Lipinski definition) is 1. The Balaban J connectivity index is 2.17. The molecule has 0 fully saturated rings. The minimum atomic E-state index is -0.571. The molecule has 23 heavy (non-hydrogen) atoms. The number of rotatable bonds is 5. The minimum absolute atomic E-state index is 0.0604. The average Bonchev–Trinajstić information content (AvgIpc) is 2.59. The number of carbonyl (C=O) groups is 1. The van der Waals surface area contributed by atoms with Crippen LogP contribution in [0, 0.1) is 3.57 Å². The fourth-order valence-electron chi connectivity index (χ4n) is 1.81. The zero-order valence-electron chi connectivity index (χ0n) is 12.6. The maximum atomic E-state index is 12.0. The first kappa shape index (κ1) is 17.1. The summed E-state index contributed by atoms with van der Waals surface area (Å²) in [6.07, 6.45) is 0. The lowest BCUT2D eigenvalue weighted by Crippen LogP contribution is -2.15. The summed E-state index contributed by atoms with van der Waals surface area (Å²) in [5, 5.41) is 3.69. The van der Waals surface area contributed by atoms with E-state index < -0.39 is 5.97 Å². The Morgan fingerprint density at radius 1 is 1.09 bits per heavy atom. The van der Waals surface area contributed by atoms with Crippen LogP contribution in [0.3, 0.4) is 0 Å². The monoisotopic (exact) mass is 426 g/mol. The number of benzene rings is 2. The molecule has 0 aliphatic rings. The number of carbonyl (C=O) groups excluding carboxylic acids is 1. The molecule has 0 aliphatic heterocycles. The van der Waals surface area contributed by atoms with Gasteiger partial charge in [-0.15, -0.1) is 0 Å². The maximum absolute atomic E-state index is 12.0. The fourth-order valence-corrected chi connectivity index (χ4v) is 2.42. The van der Waals surface area contributed by atoms with Gasteiger partial charge in [-0.25, -0.2) is 4.79 Å². The summed E-state index contributed by atoms with van der Waals surface area (Å²) >= 11 is 2.05. The number of nitrogens with two attached hydrogens (primary N) is 1. The molecule has 0 bridgehead atoms. The van der Waals surface area contributed by atoms with E-state index in [-0.39, 0.29) is 5.84 Å². The van der Waals surface area contributed by atoms with Crippen molar-refractivity contribution in [1.82, 2.24) is 0 Å². The molecule has 0 spiro atoms. The Morgan fingerprint density at radius 3 is 2.43 bits per heavy atom. The van der Waals surface area contributed by atoms with Crippen LogP contribution in [0.5, 0.6) is 11.5 Å². The smallest absolute Gasteiger partial charge is 0.366 e. The van der Waals surface area contributed by atoms with Crippen LogP contribution >= 0.6 is 22.6 Å². The van der Waals surface area contributed by atoms with Crippen LogP contribution in [0.25, 0.3) is 0 Å². The molecule has 120 valence electrons. The molecule has 6 nitrogen and oxygen atoms in total. The second-order valence-electron chi connectivity index (χ2n) is 4.40. The predicted molar refractivity (Wildman–Crippen MR) is 94.8 cm³/mol. The lowest BCUT2D eigenvalue weighted by Gasteiger charge is -2.09. The van der Waals surface area contributed by atoms with Crippen molar-refractivity contribution in [3.8, 4) is 11.5 Å². The second-order valence-corrected chi connectivity index (χ2v) is 5.57. The first-order valence-corrected chi connectivity index (χ1v) is 7.66. The van der Waals surface area contributed by atoms with Crippen LogP contribution in [0.2, 0.25) is 0 Å². The van der Waals surface area contributed by atoms with Gasteiger partial charge in [0.2, 0.25) is 0 Å². The Bertz CT molecular complexity index is 747. The summed E-state index contributed by atoms with van der Waals surface area (Å²) in [6.45, 7) is 0. The number of methoxy groups -OCH3 is 2. The maximum Gasteiger partial charge on any atom is 0.366 e. The van der Waals surface area contributed by atoms with Gasteiger partial charge >= 0.3 is 5.97 Å². The lowest BCUT2D eigenvalue weighted by molar-refractivity contribution is 0.0515. The van der Waals surface area contributed by atoms with Gasteiger partial charge in [0.05, 0.1) is 19.8 Å². The Hall–Kier alpha value is -2.29. The Kier molecular flexibility index (Phi) is 5.80. The van der Waals surface area contributed by atoms with E-state index in [0.29, 0.717) is 22.6 Å². The van der Waals surface area contributed by atoms with Crippen LogP contribution in [-0.2, 0) is 4.84 Å². The summed E-state index contributed by atoms with van der Waals surface area (Å²) in [5.41, 5.74) is 6.83. The first-order chi connectivity index (χ1) is 11.1. The van der Waals surface area contributed by atoms with E-state index in [9.17, 15) is 4.79 Å². The SMILES string of the molecule is COc1ccc(/C(N)=N\OC(=O)c2ccccc2I)cc1OC. The normalized spacial score (nSPS) is 11.0. The van der Waals surface area contributed by atoms with Crippen molar-refractivity contribution >= 4 is 34.4 Å². The summed E-state index contributed by atoms with van der Waals surface area (Å²) in [5.74, 6) is 0.565. The molecule has 0 atom stereocenters. The van der Waals surface area contributed by atoms with Gasteiger partial charge in [-0.3, -0.25) is 0 Å². The lowest BCUT2D eigenvalue weighted by atomic mass is 10.2. The third-order valence-electron chi connectivity index (χ3n) is 3.00. The highest BCUT2D eigenvalue weighted by Crippen LogP contribution is 2.27. The molecule has 7 heteroatoms. The van der Waals surface area contributed by atoms with Crippen LogP contribution < -0.4 is 15.2 Å². The molecule has 0 saturated carbocycles. The third-order valence-corrected chi connectivity index (χ3v) is 3.94. The van der Waals surface area contributed by atoms with Gasteiger partial charge in [0, 0.05) is 9.13 Å². The number of nitrogens with zero attached hydrogens (tertiary/aromatic N) is 1. The highest BCUT2D eigenvalue weighted by Gasteiger charge is 2.12. The zero-order valence-corrected chi connectivity index (χ0v) is 14.7. The van der Waals surface area contributed by atoms with Crippen molar-refractivity contribution in [1.29, 1.82) is 0 Å². The van der Waals surface area contributed by atoms with Gasteiger partial charge in [0.1, 0.15) is 0 Å². The van der Waals surface area contributed by atoms with Gasteiger partial charge in [-0.2, -0.15) is 0 Å². The van der Waals surface area contributed by atoms with E-state index in [0.717, 1.165) is 3.57 Å². The quantitative estimate of drug-likeness (QED) is 0.262. The predicted octanol–water partition coefficient (Wildman–Crippen LogP) is 2.79. The third kappa shape index (κ3) is 4.13. The molecule has 0 unspecified atom stereocenters. The average molecular weight is 426 g/mol. The topological polar surface area (TPSA) is 83.1 Å². The zero-order chi connectivity index (χ0) is 16.8. The van der Waals surface area contributed by atoms with Crippen molar-refractivity contribution in [2.75, 3.05) is 14.2 Å². The summed E-state index contributed by atoms with van der Waals surface area (Å²) in [6, 6.07) is 12.1. The van der Waals surface area contributed by atoms with E-state index in [1.807, 2.05) is 6.07 Å². The largest absolute Gasteiger partial charge is 0.493 e. The molecule has 0 aromatic heterocycles. The summed E-state index contributed by atoms with van der Waals surface area (Å²) in [4.78, 5) is 16.9. The van der Waals surface area contributed by atoms with Gasteiger partial charge < -0.3 is 20.0 Å². The first-order valence-electron chi connectivity index (χ1n) is 6.58. The van der Waals surface area contributed by atoms with Crippen LogP contribution in [0.4, 0.5) is 0 Å². The van der Waals surface area contributed by atoms with Crippen molar-refractivity contribution < 1.29 is 19.1 Å². The molecule has 0 amide bonds. The van der Waals surface area contributed by atoms with E-state index in [4.69, 9.17) is 20.0 Å². The van der Waals surface area contributed by atoms with Crippen molar-refractivity contribution in [2.45, 2.75) is 0 Å². The molecular weight excluding hydrogens is 411 g/mol. The van der Waals surface area contributed by atoms with Crippen molar-refractivity contribution in [3.05, 3.63) is 57.2 Å². The van der Waals surface area contributed by atoms with Crippen LogP contribution in [-0.4, -0.2) is 26.0 Å².